The van der Waals surface area contributed by atoms with Gasteiger partial charge in [-0.15, -0.1) is 0 Å². The number of carbonyl (C=O) groups is 2. The molecule has 32 heavy (non-hydrogen) atoms. The summed E-state index contributed by atoms with van der Waals surface area (Å²) in [5.74, 6) is 0.623. The van der Waals surface area contributed by atoms with Crippen LogP contribution in [0.1, 0.15) is 28.6 Å². The Morgan fingerprint density at radius 2 is 1.94 bits per heavy atom. The predicted molar refractivity (Wildman–Crippen MR) is 123 cm³/mol. The monoisotopic (exact) mass is 454 g/mol. The maximum Gasteiger partial charge on any atom is 0.291 e. The van der Waals surface area contributed by atoms with Crippen molar-refractivity contribution in [1.29, 1.82) is 0 Å². The fourth-order valence-electron chi connectivity index (χ4n) is 2.87. The topological polar surface area (TPSA) is 89.8 Å². The van der Waals surface area contributed by atoms with Crippen molar-refractivity contribution in [3.8, 4) is 11.5 Å². The van der Waals surface area contributed by atoms with Gasteiger partial charge in [-0.2, -0.15) is 0 Å². The summed E-state index contributed by atoms with van der Waals surface area (Å²) in [5.41, 5.74) is 2.22. The van der Waals surface area contributed by atoms with Crippen molar-refractivity contribution in [2.24, 2.45) is 0 Å². The molecule has 2 N–H and O–H groups in total. The Morgan fingerprint density at radius 1 is 1.16 bits per heavy atom. The lowest BCUT2D eigenvalue weighted by Crippen LogP contribution is -2.20. The Labute approximate surface area is 191 Å². The summed E-state index contributed by atoms with van der Waals surface area (Å²) < 4.78 is 15.9. The van der Waals surface area contributed by atoms with Crippen LogP contribution in [-0.2, 0) is 11.3 Å². The highest BCUT2D eigenvalue weighted by Crippen LogP contribution is 2.36. The fourth-order valence-corrected chi connectivity index (χ4v) is 3.17. The van der Waals surface area contributed by atoms with Crippen LogP contribution in [0.3, 0.4) is 0 Å². The molecule has 0 saturated carbocycles. The lowest BCUT2D eigenvalue weighted by atomic mass is 10.1. The zero-order chi connectivity index (χ0) is 22.9. The average Bonchev–Trinajstić information content (AvgIpc) is 3.32. The molecule has 0 spiro atoms. The molecule has 3 aromatic rings. The van der Waals surface area contributed by atoms with Crippen molar-refractivity contribution in [2.45, 2.75) is 13.5 Å². The number of hydrogen-bond donors (Lipinski definition) is 2. The summed E-state index contributed by atoms with van der Waals surface area (Å²) in [6.45, 7) is 2.66. The first-order chi connectivity index (χ1) is 15.5. The van der Waals surface area contributed by atoms with Gasteiger partial charge in [-0.1, -0.05) is 23.7 Å². The first-order valence-electron chi connectivity index (χ1n) is 9.90. The number of methoxy groups -OCH3 is 1. The van der Waals surface area contributed by atoms with E-state index in [1.54, 1.807) is 42.5 Å². The molecule has 2 aromatic carbocycles. The lowest BCUT2D eigenvalue weighted by Gasteiger charge is -2.11. The largest absolute Gasteiger partial charge is 0.491 e. The third-order valence-electron chi connectivity index (χ3n) is 4.39. The van der Waals surface area contributed by atoms with Crippen molar-refractivity contribution in [3.63, 3.8) is 0 Å². The standard InChI is InChI=1S/C24H23ClN2O5/c1-3-31-21-14-17(13-19(25)23(21)30-2)8-11-22(28)26-15-16-6-9-18(10-7-16)27-24(29)20-5-4-12-32-20/h4-14H,3,15H2,1-2H3,(H,26,28)(H,27,29)/b11-8+. The number of rotatable bonds is 9. The van der Waals surface area contributed by atoms with Gasteiger partial charge in [0, 0.05) is 18.3 Å². The Hall–Kier alpha value is -3.71. The summed E-state index contributed by atoms with van der Waals surface area (Å²) in [6.07, 6.45) is 4.51. The first-order valence-corrected chi connectivity index (χ1v) is 10.3. The van der Waals surface area contributed by atoms with Crippen molar-refractivity contribution in [1.82, 2.24) is 5.32 Å². The zero-order valence-corrected chi connectivity index (χ0v) is 18.4. The summed E-state index contributed by atoms with van der Waals surface area (Å²) in [5, 5.41) is 5.95. The van der Waals surface area contributed by atoms with Gasteiger partial charge >= 0.3 is 0 Å². The fraction of sp³-hybridized carbons (Fsp3) is 0.167. The average molecular weight is 455 g/mol. The maximum absolute atomic E-state index is 12.2. The highest BCUT2D eigenvalue weighted by atomic mass is 35.5. The minimum atomic E-state index is -0.327. The summed E-state index contributed by atoms with van der Waals surface area (Å²) >= 11 is 6.23. The summed E-state index contributed by atoms with van der Waals surface area (Å²) in [6, 6.07) is 13.8. The van der Waals surface area contributed by atoms with E-state index in [1.165, 1.54) is 19.4 Å². The molecule has 8 heteroatoms. The van der Waals surface area contributed by atoms with Gasteiger partial charge in [0.05, 0.1) is 25.0 Å². The van der Waals surface area contributed by atoms with E-state index in [0.717, 1.165) is 5.56 Å². The van der Waals surface area contributed by atoms with Crippen LogP contribution in [0, 0.1) is 0 Å². The van der Waals surface area contributed by atoms with Gasteiger partial charge in [0.25, 0.3) is 5.91 Å². The number of carbonyl (C=O) groups excluding carboxylic acids is 2. The van der Waals surface area contributed by atoms with E-state index in [1.807, 2.05) is 19.1 Å². The molecular formula is C24H23ClN2O5. The maximum atomic E-state index is 12.2. The van der Waals surface area contributed by atoms with Gasteiger partial charge in [0.2, 0.25) is 5.91 Å². The molecule has 0 radical (unpaired) electrons. The molecular weight excluding hydrogens is 432 g/mol. The van der Waals surface area contributed by atoms with Crippen molar-refractivity contribution < 1.29 is 23.5 Å². The molecule has 1 aromatic heterocycles. The Balaban J connectivity index is 1.54. The van der Waals surface area contributed by atoms with Gasteiger partial charge in [0.15, 0.2) is 17.3 Å². The van der Waals surface area contributed by atoms with Crippen LogP contribution in [0.2, 0.25) is 5.02 Å². The summed E-state index contributed by atoms with van der Waals surface area (Å²) in [7, 11) is 1.52. The number of amides is 2. The quantitative estimate of drug-likeness (QED) is 0.448. The number of anilines is 1. The van der Waals surface area contributed by atoms with E-state index in [-0.39, 0.29) is 17.6 Å². The molecule has 0 bridgehead atoms. The molecule has 2 amide bonds. The molecule has 166 valence electrons. The van der Waals surface area contributed by atoms with E-state index in [2.05, 4.69) is 10.6 Å². The van der Waals surface area contributed by atoms with Crippen LogP contribution in [0.25, 0.3) is 6.08 Å². The highest BCUT2D eigenvalue weighted by molar-refractivity contribution is 6.32. The SMILES string of the molecule is CCOc1cc(/C=C/C(=O)NCc2ccc(NC(=O)c3ccco3)cc2)cc(Cl)c1OC. The Kier molecular flexibility index (Phi) is 7.94. The minimum Gasteiger partial charge on any atom is -0.491 e. The predicted octanol–water partition coefficient (Wildman–Crippen LogP) is 4.92. The zero-order valence-electron chi connectivity index (χ0n) is 17.7. The third kappa shape index (κ3) is 6.15. The van der Waals surface area contributed by atoms with Gasteiger partial charge < -0.3 is 24.5 Å². The lowest BCUT2D eigenvalue weighted by molar-refractivity contribution is -0.116. The first kappa shape index (κ1) is 23.0. The molecule has 1 heterocycles. The molecule has 3 rings (SSSR count). The Morgan fingerprint density at radius 3 is 2.59 bits per heavy atom. The second-order valence-corrected chi connectivity index (χ2v) is 7.05. The number of halogens is 1. The van der Waals surface area contributed by atoms with Gasteiger partial charge in [-0.25, -0.2) is 0 Å². The van der Waals surface area contributed by atoms with Crippen molar-refractivity contribution >= 4 is 35.2 Å². The molecule has 0 aliphatic carbocycles. The smallest absolute Gasteiger partial charge is 0.291 e. The van der Waals surface area contributed by atoms with Crippen LogP contribution < -0.4 is 20.1 Å². The van der Waals surface area contributed by atoms with Crippen LogP contribution in [0.15, 0.2) is 65.3 Å². The third-order valence-corrected chi connectivity index (χ3v) is 4.67. The van der Waals surface area contributed by atoms with Crippen LogP contribution in [0.4, 0.5) is 5.69 Å². The molecule has 0 fully saturated rings. The normalized spacial score (nSPS) is 10.7. The van der Waals surface area contributed by atoms with Crippen molar-refractivity contribution in [2.75, 3.05) is 19.0 Å². The van der Waals surface area contributed by atoms with Gasteiger partial charge in [0.1, 0.15) is 0 Å². The summed E-state index contributed by atoms with van der Waals surface area (Å²) in [4.78, 5) is 24.2. The minimum absolute atomic E-state index is 0.236. The van der Waals surface area contributed by atoms with E-state index in [9.17, 15) is 9.59 Å². The number of nitrogens with one attached hydrogen (secondary N) is 2. The number of hydrogen-bond acceptors (Lipinski definition) is 5. The number of ether oxygens (including phenoxy) is 2. The van der Waals surface area contributed by atoms with Crippen molar-refractivity contribution in [3.05, 3.63) is 82.8 Å². The number of benzene rings is 2. The molecule has 7 nitrogen and oxygen atoms in total. The van der Waals surface area contributed by atoms with Crippen LogP contribution in [-0.4, -0.2) is 25.5 Å². The van der Waals surface area contributed by atoms with E-state index in [0.29, 0.717) is 40.9 Å². The van der Waals surface area contributed by atoms with E-state index >= 15 is 0 Å². The second kappa shape index (κ2) is 11.1. The molecule has 0 aliphatic rings. The Bertz CT molecular complexity index is 1090. The second-order valence-electron chi connectivity index (χ2n) is 6.65. The molecule has 0 aliphatic heterocycles. The number of furan rings is 1. The van der Waals surface area contributed by atoms with Crippen LogP contribution in [0.5, 0.6) is 11.5 Å². The molecule has 0 atom stereocenters. The van der Waals surface area contributed by atoms with E-state index in [4.69, 9.17) is 25.5 Å². The van der Waals surface area contributed by atoms with E-state index < -0.39 is 0 Å². The highest BCUT2D eigenvalue weighted by Gasteiger charge is 2.11. The van der Waals surface area contributed by atoms with Gasteiger partial charge in [-0.05, 0) is 60.5 Å². The molecule has 0 saturated heterocycles. The molecule has 0 unspecified atom stereocenters. The van der Waals surface area contributed by atoms with Crippen LogP contribution >= 0.6 is 11.6 Å². The van der Waals surface area contributed by atoms with Gasteiger partial charge in [-0.3, -0.25) is 9.59 Å².